The first kappa shape index (κ1) is 12.4. The fourth-order valence-electron chi connectivity index (χ4n) is 2.53. The van der Waals surface area contributed by atoms with E-state index < -0.39 is 0 Å². The molecular weight excluding hydrogens is 236 g/mol. The summed E-state index contributed by atoms with van der Waals surface area (Å²) >= 11 is 0. The zero-order chi connectivity index (χ0) is 13.1. The number of hydrogen-bond acceptors (Lipinski definition) is 3. The Hall–Kier alpha value is -1.65. The minimum Gasteiger partial charge on any atom is -0.304 e. The van der Waals surface area contributed by atoms with Crippen LogP contribution in [0, 0.1) is 0 Å². The van der Waals surface area contributed by atoms with Crippen molar-refractivity contribution >= 4 is 0 Å². The molecule has 1 fully saturated rings. The summed E-state index contributed by atoms with van der Waals surface area (Å²) in [5, 5.41) is 7.35. The Bertz CT molecular complexity index is 512. The van der Waals surface area contributed by atoms with Crippen molar-refractivity contribution in [2.45, 2.75) is 6.54 Å². The van der Waals surface area contributed by atoms with Crippen LogP contribution in [-0.4, -0.2) is 53.2 Å². The average Bonchev–Trinajstić information content (AvgIpc) is 2.90. The molecule has 1 aliphatic heterocycles. The molecule has 1 aliphatic rings. The summed E-state index contributed by atoms with van der Waals surface area (Å²) in [6, 6.07) is 10.4. The zero-order valence-corrected chi connectivity index (χ0v) is 11.3. The summed E-state index contributed by atoms with van der Waals surface area (Å²) in [6.45, 7) is 5.55. The molecule has 2 heterocycles. The van der Waals surface area contributed by atoms with Crippen molar-refractivity contribution in [1.82, 2.24) is 20.0 Å². The number of nitrogens with one attached hydrogen (secondary N) is 1. The van der Waals surface area contributed by atoms with Crippen LogP contribution in [0.15, 0.2) is 36.5 Å². The van der Waals surface area contributed by atoms with Gasteiger partial charge in [-0.25, -0.2) is 0 Å². The highest BCUT2D eigenvalue weighted by Crippen LogP contribution is 2.22. The van der Waals surface area contributed by atoms with Crippen LogP contribution in [0.2, 0.25) is 0 Å². The van der Waals surface area contributed by atoms with Gasteiger partial charge in [-0.15, -0.1) is 0 Å². The SMILES string of the molecule is CN1CCN(Cc2cn[nH]c2-c2ccccc2)CC1. The summed E-state index contributed by atoms with van der Waals surface area (Å²) in [4.78, 5) is 4.88. The fraction of sp³-hybridized carbons (Fsp3) is 0.400. The van der Waals surface area contributed by atoms with Crippen LogP contribution in [-0.2, 0) is 6.54 Å². The Morgan fingerprint density at radius 3 is 2.58 bits per heavy atom. The minimum absolute atomic E-state index is 0.981. The van der Waals surface area contributed by atoms with Crippen molar-refractivity contribution in [3.05, 3.63) is 42.1 Å². The van der Waals surface area contributed by atoms with E-state index in [0.717, 1.165) is 38.4 Å². The molecule has 4 heteroatoms. The van der Waals surface area contributed by atoms with E-state index in [0.29, 0.717) is 0 Å². The first-order chi connectivity index (χ1) is 9.33. The highest BCUT2D eigenvalue weighted by Gasteiger charge is 2.16. The first-order valence-corrected chi connectivity index (χ1v) is 6.81. The maximum atomic E-state index is 4.22. The van der Waals surface area contributed by atoms with Crippen molar-refractivity contribution < 1.29 is 0 Å². The lowest BCUT2D eigenvalue weighted by atomic mass is 10.1. The van der Waals surface area contributed by atoms with Gasteiger partial charge in [-0.1, -0.05) is 30.3 Å². The van der Waals surface area contributed by atoms with Gasteiger partial charge in [0, 0.05) is 38.3 Å². The number of likely N-dealkylation sites (N-methyl/N-ethyl adjacent to an activating group) is 1. The third-order valence-electron chi connectivity index (χ3n) is 3.77. The van der Waals surface area contributed by atoms with E-state index >= 15 is 0 Å². The number of aromatic amines is 1. The Morgan fingerprint density at radius 1 is 1.11 bits per heavy atom. The van der Waals surface area contributed by atoms with Gasteiger partial charge in [0.05, 0.1) is 11.9 Å². The van der Waals surface area contributed by atoms with Crippen molar-refractivity contribution in [3.8, 4) is 11.3 Å². The predicted octanol–water partition coefficient (Wildman–Crippen LogP) is 1.82. The van der Waals surface area contributed by atoms with Crippen LogP contribution >= 0.6 is 0 Å². The highest BCUT2D eigenvalue weighted by atomic mass is 15.2. The van der Waals surface area contributed by atoms with E-state index in [-0.39, 0.29) is 0 Å². The van der Waals surface area contributed by atoms with Gasteiger partial charge >= 0.3 is 0 Å². The lowest BCUT2D eigenvalue weighted by Crippen LogP contribution is -2.43. The smallest absolute Gasteiger partial charge is 0.0695 e. The molecule has 1 aromatic heterocycles. The molecule has 1 aromatic carbocycles. The fourth-order valence-corrected chi connectivity index (χ4v) is 2.53. The van der Waals surface area contributed by atoms with Crippen LogP contribution in [0.25, 0.3) is 11.3 Å². The number of benzene rings is 1. The lowest BCUT2D eigenvalue weighted by Gasteiger charge is -2.32. The van der Waals surface area contributed by atoms with Crippen molar-refractivity contribution in [1.29, 1.82) is 0 Å². The second-order valence-electron chi connectivity index (χ2n) is 5.22. The summed E-state index contributed by atoms with van der Waals surface area (Å²) in [7, 11) is 2.19. The summed E-state index contributed by atoms with van der Waals surface area (Å²) in [5.41, 5.74) is 3.65. The van der Waals surface area contributed by atoms with Crippen LogP contribution in [0.1, 0.15) is 5.56 Å². The monoisotopic (exact) mass is 256 g/mol. The van der Waals surface area contributed by atoms with E-state index in [1.54, 1.807) is 0 Å². The number of piperazine rings is 1. The molecule has 0 amide bonds. The Balaban J connectivity index is 1.74. The third-order valence-corrected chi connectivity index (χ3v) is 3.77. The van der Waals surface area contributed by atoms with Gasteiger partial charge in [-0.3, -0.25) is 10.00 Å². The van der Waals surface area contributed by atoms with Gasteiger partial charge in [0.1, 0.15) is 0 Å². The van der Waals surface area contributed by atoms with Gasteiger partial charge in [0.25, 0.3) is 0 Å². The van der Waals surface area contributed by atoms with E-state index in [1.807, 2.05) is 12.3 Å². The maximum absolute atomic E-state index is 4.22. The Kier molecular flexibility index (Phi) is 3.62. The largest absolute Gasteiger partial charge is 0.304 e. The number of rotatable bonds is 3. The first-order valence-electron chi connectivity index (χ1n) is 6.81. The number of nitrogens with zero attached hydrogens (tertiary/aromatic N) is 3. The molecule has 0 aliphatic carbocycles. The van der Waals surface area contributed by atoms with Crippen molar-refractivity contribution in [2.24, 2.45) is 0 Å². The average molecular weight is 256 g/mol. The van der Waals surface area contributed by atoms with Gasteiger partial charge in [-0.05, 0) is 12.6 Å². The van der Waals surface area contributed by atoms with Gasteiger partial charge < -0.3 is 4.90 Å². The number of hydrogen-bond donors (Lipinski definition) is 1. The normalized spacial score (nSPS) is 17.7. The van der Waals surface area contributed by atoms with E-state index in [1.165, 1.54) is 11.1 Å². The molecule has 1 saturated heterocycles. The van der Waals surface area contributed by atoms with Crippen molar-refractivity contribution in [2.75, 3.05) is 33.2 Å². The van der Waals surface area contributed by atoms with Gasteiger partial charge in [0.2, 0.25) is 0 Å². The molecular formula is C15H20N4. The topological polar surface area (TPSA) is 35.2 Å². The van der Waals surface area contributed by atoms with E-state index in [2.05, 4.69) is 51.3 Å². The maximum Gasteiger partial charge on any atom is 0.0695 e. The standard InChI is InChI=1S/C15H20N4/c1-18-7-9-19(10-8-18)12-14-11-16-17-15(14)13-5-3-2-4-6-13/h2-6,11H,7-10,12H2,1H3,(H,16,17). The molecule has 0 spiro atoms. The third kappa shape index (κ3) is 2.85. The van der Waals surface area contributed by atoms with Crippen LogP contribution in [0.4, 0.5) is 0 Å². The molecule has 0 radical (unpaired) electrons. The molecule has 4 nitrogen and oxygen atoms in total. The second kappa shape index (κ2) is 5.55. The predicted molar refractivity (Wildman–Crippen MR) is 76.8 cm³/mol. The van der Waals surface area contributed by atoms with Crippen LogP contribution < -0.4 is 0 Å². The quantitative estimate of drug-likeness (QED) is 0.910. The highest BCUT2D eigenvalue weighted by molar-refractivity contribution is 5.62. The molecule has 1 N–H and O–H groups in total. The molecule has 3 rings (SSSR count). The summed E-state index contributed by atoms with van der Waals surface area (Å²) in [5.74, 6) is 0. The summed E-state index contributed by atoms with van der Waals surface area (Å²) in [6.07, 6.45) is 1.96. The molecule has 0 atom stereocenters. The van der Waals surface area contributed by atoms with Gasteiger partial charge in [0.15, 0.2) is 0 Å². The Morgan fingerprint density at radius 2 is 1.84 bits per heavy atom. The number of aromatic nitrogens is 2. The van der Waals surface area contributed by atoms with E-state index in [9.17, 15) is 0 Å². The van der Waals surface area contributed by atoms with E-state index in [4.69, 9.17) is 0 Å². The molecule has 19 heavy (non-hydrogen) atoms. The van der Waals surface area contributed by atoms with Crippen LogP contribution in [0.5, 0.6) is 0 Å². The lowest BCUT2D eigenvalue weighted by molar-refractivity contribution is 0.148. The second-order valence-corrected chi connectivity index (χ2v) is 5.22. The summed E-state index contributed by atoms with van der Waals surface area (Å²) < 4.78 is 0. The van der Waals surface area contributed by atoms with Crippen LogP contribution in [0.3, 0.4) is 0 Å². The molecule has 2 aromatic rings. The van der Waals surface area contributed by atoms with Gasteiger partial charge in [-0.2, -0.15) is 5.10 Å². The number of H-pyrrole nitrogens is 1. The van der Waals surface area contributed by atoms with Crippen molar-refractivity contribution in [3.63, 3.8) is 0 Å². The molecule has 0 saturated carbocycles. The zero-order valence-electron chi connectivity index (χ0n) is 11.3. The Labute approximate surface area is 114 Å². The molecule has 0 bridgehead atoms. The minimum atomic E-state index is 0.981. The molecule has 100 valence electrons. The molecule has 0 unspecified atom stereocenters.